The van der Waals surface area contributed by atoms with Crippen LogP contribution in [0.15, 0.2) is 53.4 Å². The summed E-state index contributed by atoms with van der Waals surface area (Å²) in [6.45, 7) is 0.305. The third-order valence-corrected chi connectivity index (χ3v) is 7.12. The molecular formula is C16H15F3N2O5S2. The van der Waals surface area contributed by atoms with Crippen molar-refractivity contribution in [1.29, 1.82) is 0 Å². The van der Waals surface area contributed by atoms with Gasteiger partial charge in [-0.3, -0.25) is 9.03 Å². The van der Waals surface area contributed by atoms with Gasteiger partial charge in [-0.2, -0.15) is 0 Å². The number of rotatable bonds is 5. The molecule has 1 N–H and O–H groups in total. The lowest BCUT2D eigenvalue weighted by Crippen LogP contribution is -2.25. The van der Waals surface area contributed by atoms with E-state index in [0.717, 1.165) is 24.3 Å². The van der Waals surface area contributed by atoms with Crippen molar-refractivity contribution in [2.24, 2.45) is 0 Å². The Morgan fingerprint density at radius 1 is 1.07 bits per heavy atom. The third kappa shape index (κ3) is 4.68. The average Bonchev–Trinajstić information content (AvgIpc) is 2.93. The fourth-order valence-corrected chi connectivity index (χ4v) is 5.29. The van der Waals surface area contributed by atoms with E-state index in [4.69, 9.17) is 0 Å². The molecule has 2 aromatic carbocycles. The van der Waals surface area contributed by atoms with Crippen LogP contribution in [0.4, 0.5) is 24.5 Å². The molecule has 0 amide bonds. The minimum Gasteiger partial charge on any atom is -0.406 e. The van der Waals surface area contributed by atoms with Crippen molar-refractivity contribution < 1.29 is 34.7 Å². The smallest absolute Gasteiger partial charge is 0.406 e. The van der Waals surface area contributed by atoms with Crippen LogP contribution in [-0.2, 0) is 20.0 Å². The molecule has 1 fully saturated rings. The SMILES string of the molecule is O=S(=O)(Nc1cccc(N2CCCS2(=O)=O)c1)c1ccc(OC(F)(F)F)cc1. The Morgan fingerprint density at radius 2 is 1.75 bits per heavy atom. The van der Waals surface area contributed by atoms with Crippen molar-refractivity contribution in [3.8, 4) is 5.75 Å². The first kappa shape index (κ1) is 20.3. The Hall–Kier alpha value is -2.47. The lowest BCUT2D eigenvalue weighted by molar-refractivity contribution is -0.274. The van der Waals surface area contributed by atoms with Crippen LogP contribution < -0.4 is 13.8 Å². The number of halogens is 3. The molecule has 0 atom stereocenters. The van der Waals surface area contributed by atoms with E-state index in [2.05, 4.69) is 9.46 Å². The molecule has 1 heterocycles. The zero-order chi connectivity index (χ0) is 20.6. The van der Waals surface area contributed by atoms with Crippen molar-refractivity contribution >= 4 is 31.4 Å². The number of hydrogen-bond donors (Lipinski definition) is 1. The second-order valence-electron chi connectivity index (χ2n) is 5.92. The normalized spacial score (nSPS) is 16.8. The van der Waals surface area contributed by atoms with Gasteiger partial charge in [0.05, 0.1) is 22.0 Å². The number of anilines is 2. The van der Waals surface area contributed by atoms with E-state index in [1.54, 1.807) is 6.07 Å². The average molecular weight is 436 g/mol. The molecule has 3 rings (SSSR count). The molecule has 2 aromatic rings. The molecular weight excluding hydrogens is 421 g/mol. The number of alkyl halides is 3. The minimum atomic E-state index is -4.88. The summed E-state index contributed by atoms with van der Waals surface area (Å²) >= 11 is 0. The first-order chi connectivity index (χ1) is 13.0. The summed E-state index contributed by atoms with van der Waals surface area (Å²) in [5.41, 5.74) is 0.446. The van der Waals surface area contributed by atoms with Crippen LogP contribution in [0.5, 0.6) is 5.75 Å². The molecule has 0 aromatic heterocycles. The van der Waals surface area contributed by atoms with Crippen molar-refractivity contribution in [3.05, 3.63) is 48.5 Å². The van der Waals surface area contributed by atoms with E-state index in [-0.39, 0.29) is 16.3 Å². The van der Waals surface area contributed by atoms with Crippen LogP contribution in [0.25, 0.3) is 0 Å². The van der Waals surface area contributed by atoms with Gasteiger partial charge in [-0.05, 0) is 48.9 Å². The van der Waals surface area contributed by atoms with Crippen LogP contribution in [0.2, 0.25) is 0 Å². The van der Waals surface area contributed by atoms with E-state index >= 15 is 0 Å². The van der Waals surface area contributed by atoms with Crippen LogP contribution in [0.1, 0.15) is 6.42 Å². The number of benzene rings is 2. The van der Waals surface area contributed by atoms with Crippen molar-refractivity contribution in [2.45, 2.75) is 17.7 Å². The summed E-state index contributed by atoms with van der Waals surface area (Å²) in [7, 11) is -7.52. The lowest BCUT2D eigenvalue weighted by atomic mass is 10.3. The van der Waals surface area contributed by atoms with Crippen LogP contribution in [0, 0.1) is 0 Å². The van der Waals surface area contributed by atoms with Gasteiger partial charge in [-0.1, -0.05) is 6.07 Å². The summed E-state index contributed by atoms with van der Waals surface area (Å²) in [4.78, 5) is -0.277. The van der Waals surface area contributed by atoms with Gasteiger partial charge in [-0.15, -0.1) is 13.2 Å². The van der Waals surface area contributed by atoms with Crippen LogP contribution >= 0.6 is 0 Å². The number of sulfonamides is 2. The highest BCUT2D eigenvalue weighted by Gasteiger charge is 2.31. The molecule has 1 saturated heterocycles. The van der Waals surface area contributed by atoms with Gasteiger partial charge in [0.2, 0.25) is 10.0 Å². The monoisotopic (exact) mass is 436 g/mol. The van der Waals surface area contributed by atoms with Gasteiger partial charge in [0.15, 0.2) is 0 Å². The van der Waals surface area contributed by atoms with E-state index in [1.165, 1.54) is 22.5 Å². The Kier molecular flexibility index (Phi) is 5.19. The molecule has 0 bridgehead atoms. The largest absolute Gasteiger partial charge is 0.573 e. The van der Waals surface area contributed by atoms with Gasteiger partial charge >= 0.3 is 6.36 Å². The van der Waals surface area contributed by atoms with Crippen molar-refractivity contribution in [3.63, 3.8) is 0 Å². The van der Waals surface area contributed by atoms with Crippen LogP contribution in [-0.4, -0.2) is 35.5 Å². The van der Waals surface area contributed by atoms with Gasteiger partial charge in [0.1, 0.15) is 5.75 Å². The standard InChI is InChI=1S/C16H15F3N2O5S2/c17-16(18,19)26-14-5-7-15(8-6-14)28(24,25)20-12-3-1-4-13(11-12)21-9-2-10-27(21,22)23/h1,3-8,11,20H,2,9-10H2. The second kappa shape index (κ2) is 7.17. The molecule has 7 nitrogen and oxygen atoms in total. The number of nitrogens with zero attached hydrogens (tertiary/aromatic N) is 1. The van der Waals surface area contributed by atoms with E-state index in [9.17, 15) is 30.0 Å². The third-order valence-electron chi connectivity index (χ3n) is 3.85. The van der Waals surface area contributed by atoms with Gasteiger partial charge < -0.3 is 4.74 Å². The molecule has 0 saturated carbocycles. The maximum Gasteiger partial charge on any atom is 0.573 e. The highest BCUT2D eigenvalue weighted by molar-refractivity contribution is 7.93. The van der Waals surface area contributed by atoms with Crippen molar-refractivity contribution in [2.75, 3.05) is 21.3 Å². The molecule has 1 aliphatic heterocycles. The first-order valence-corrected chi connectivity index (χ1v) is 11.0. The molecule has 0 aliphatic carbocycles. The van der Waals surface area contributed by atoms with E-state index < -0.39 is 32.2 Å². The van der Waals surface area contributed by atoms with E-state index in [1.807, 2.05) is 0 Å². The molecule has 28 heavy (non-hydrogen) atoms. The summed E-state index contributed by atoms with van der Waals surface area (Å²) in [6.07, 6.45) is -4.40. The number of hydrogen-bond acceptors (Lipinski definition) is 5. The Morgan fingerprint density at radius 3 is 2.32 bits per heavy atom. The zero-order valence-corrected chi connectivity index (χ0v) is 15.8. The fraction of sp³-hybridized carbons (Fsp3) is 0.250. The maximum atomic E-state index is 12.5. The summed E-state index contributed by atoms with van der Waals surface area (Å²) in [6, 6.07) is 9.57. The van der Waals surface area contributed by atoms with Gasteiger partial charge in [0.25, 0.3) is 10.0 Å². The van der Waals surface area contributed by atoms with Crippen LogP contribution in [0.3, 0.4) is 0 Å². The van der Waals surface area contributed by atoms with Crippen molar-refractivity contribution in [1.82, 2.24) is 0 Å². The first-order valence-electron chi connectivity index (χ1n) is 7.95. The quantitative estimate of drug-likeness (QED) is 0.778. The summed E-state index contributed by atoms with van der Waals surface area (Å²) < 4.78 is 92.7. The predicted molar refractivity (Wildman–Crippen MR) is 96.1 cm³/mol. The highest BCUT2D eigenvalue weighted by Crippen LogP contribution is 2.28. The zero-order valence-electron chi connectivity index (χ0n) is 14.2. The van der Waals surface area contributed by atoms with Gasteiger partial charge in [0, 0.05) is 6.54 Å². The topological polar surface area (TPSA) is 92.8 Å². The predicted octanol–water partition coefficient (Wildman–Crippen LogP) is 2.93. The van der Waals surface area contributed by atoms with E-state index in [0.29, 0.717) is 18.7 Å². The molecule has 0 spiro atoms. The fourth-order valence-electron chi connectivity index (χ4n) is 2.69. The molecule has 152 valence electrons. The van der Waals surface area contributed by atoms with Gasteiger partial charge in [-0.25, -0.2) is 16.8 Å². The summed E-state index contributed by atoms with van der Waals surface area (Å²) in [5.74, 6) is -0.525. The number of nitrogens with one attached hydrogen (secondary N) is 1. The highest BCUT2D eigenvalue weighted by atomic mass is 32.2. The lowest BCUT2D eigenvalue weighted by Gasteiger charge is -2.18. The molecule has 0 unspecified atom stereocenters. The second-order valence-corrected chi connectivity index (χ2v) is 9.61. The maximum absolute atomic E-state index is 12.5. The minimum absolute atomic E-state index is 0.0231. The molecule has 0 radical (unpaired) electrons. The molecule has 12 heteroatoms. The Labute approximate surface area is 159 Å². The molecule has 1 aliphatic rings. The Balaban J connectivity index is 1.80. The summed E-state index contributed by atoms with van der Waals surface area (Å²) in [5, 5.41) is 0. The Bertz CT molecular complexity index is 1070. The number of ether oxygens (including phenoxy) is 1.